The number of amides is 1. The number of carboxylic acid groups (broad SMARTS) is 2. The Bertz CT molecular complexity index is 593. The predicted octanol–water partition coefficient (Wildman–Crippen LogP) is -0.0188. The third-order valence-corrected chi connectivity index (χ3v) is 2.38. The van der Waals surface area contributed by atoms with Crippen molar-refractivity contribution in [1.82, 2.24) is 5.32 Å². The smallest absolute Gasteiger partial charge is 0.326 e. The van der Waals surface area contributed by atoms with Gasteiger partial charge in [0.25, 0.3) is 5.91 Å². The van der Waals surface area contributed by atoms with Crippen molar-refractivity contribution in [2.75, 3.05) is 6.61 Å². The summed E-state index contributed by atoms with van der Waals surface area (Å²) in [6.07, 6.45) is -0.740. The van der Waals surface area contributed by atoms with Gasteiger partial charge in [0.15, 0.2) is 6.61 Å². The fraction of sp³-hybridized carbons (Fsp3) is 0.231. The minimum Gasteiger partial charge on any atom is -0.482 e. The molecule has 1 rings (SSSR count). The molecule has 1 aromatic carbocycles. The molecular weight excluding hydrogens is 280 g/mol. The minimum atomic E-state index is -1.54. The number of ether oxygens (including phenoxy) is 1. The number of hydrogen-bond donors (Lipinski definition) is 3. The number of para-hydroxylation sites is 1. The lowest BCUT2D eigenvalue weighted by atomic mass is 10.2. The molecule has 8 heteroatoms. The summed E-state index contributed by atoms with van der Waals surface area (Å²) in [7, 11) is 0. The number of nitrogens with one attached hydrogen (secondary N) is 1. The molecule has 0 aliphatic heterocycles. The Hall–Kier alpha value is -3.08. The Kier molecular flexibility index (Phi) is 5.70. The monoisotopic (exact) mass is 292 g/mol. The second-order valence-electron chi connectivity index (χ2n) is 3.95. The van der Waals surface area contributed by atoms with Crippen LogP contribution in [0, 0.1) is 11.3 Å². The van der Waals surface area contributed by atoms with Crippen LogP contribution in [0.25, 0.3) is 0 Å². The van der Waals surface area contributed by atoms with Crippen molar-refractivity contribution >= 4 is 17.8 Å². The number of carbonyl (C=O) groups excluding carboxylic acids is 1. The van der Waals surface area contributed by atoms with Gasteiger partial charge in [-0.1, -0.05) is 12.1 Å². The van der Waals surface area contributed by atoms with Crippen LogP contribution < -0.4 is 10.1 Å². The molecule has 0 saturated heterocycles. The van der Waals surface area contributed by atoms with Gasteiger partial charge in [0, 0.05) is 0 Å². The van der Waals surface area contributed by atoms with Crippen LogP contribution >= 0.6 is 0 Å². The van der Waals surface area contributed by atoms with Crippen LogP contribution in [0.1, 0.15) is 12.0 Å². The summed E-state index contributed by atoms with van der Waals surface area (Å²) in [5, 5.41) is 28.2. The summed E-state index contributed by atoms with van der Waals surface area (Å²) >= 11 is 0. The van der Waals surface area contributed by atoms with E-state index < -0.39 is 36.9 Å². The molecule has 1 unspecified atom stereocenters. The van der Waals surface area contributed by atoms with Crippen molar-refractivity contribution < 1.29 is 29.3 Å². The summed E-state index contributed by atoms with van der Waals surface area (Å²) in [5.41, 5.74) is 0.227. The Morgan fingerprint density at radius 1 is 1.29 bits per heavy atom. The molecule has 110 valence electrons. The van der Waals surface area contributed by atoms with Crippen LogP contribution in [0.3, 0.4) is 0 Å². The van der Waals surface area contributed by atoms with Gasteiger partial charge in [0.1, 0.15) is 17.9 Å². The highest BCUT2D eigenvalue weighted by Crippen LogP contribution is 2.16. The SMILES string of the molecule is N#Cc1ccccc1OCC(=O)NC(CC(=O)O)C(=O)O. The largest absolute Gasteiger partial charge is 0.482 e. The van der Waals surface area contributed by atoms with E-state index in [4.69, 9.17) is 20.2 Å². The van der Waals surface area contributed by atoms with Crippen LogP contribution in [0.2, 0.25) is 0 Å². The van der Waals surface area contributed by atoms with Crippen molar-refractivity contribution in [2.45, 2.75) is 12.5 Å². The quantitative estimate of drug-likeness (QED) is 0.642. The molecular formula is C13H12N2O6. The zero-order chi connectivity index (χ0) is 15.8. The zero-order valence-corrected chi connectivity index (χ0v) is 10.8. The summed E-state index contributed by atoms with van der Waals surface area (Å²) < 4.78 is 5.10. The fourth-order valence-electron chi connectivity index (χ4n) is 1.44. The fourth-order valence-corrected chi connectivity index (χ4v) is 1.44. The van der Waals surface area contributed by atoms with Gasteiger partial charge in [0.2, 0.25) is 0 Å². The van der Waals surface area contributed by atoms with Gasteiger partial charge >= 0.3 is 11.9 Å². The first-order chi connectivity index (χ1) is 9.93. The summed E-state index contributed by atoms with van der Waals surface area (Å²) in [6, 6.07) is 6.55. The molecule has 1 aromatic rings. The van der Waals surface area contributed by atoms with Gasteiger partial charge in [0.05, 0.1) is 12.0 Å². The van der Waals surface area contributed by atoms with Crippen LogP contribution in [0.4, 0.5) is 0 Å². The predicted molar refractivity (Wildman–Crippen MR) is 68.5 cm³/mol. The van der Waals surface area contributed by atoms with Crippen molar-refractivity contribution in [1.29, 1.82) is 5.26 Å². The van der Waals surface area contributed by atoms with Gasteiger partial charge in [-0.25, -0.2) is 4.79 Å². The number of carboxylic acids is 2. The Balaban J connectivity index is 2.59. The number of nitriles is 1. The number of rotatable bonds is 7. The molecule has 0 heterocycles. The van der Waals surface area contributed by atoms with Gasteiger partial charge in [-0.2, -0.15) is 5.26 Å². The number of nitrogens with zero attached hydrogens (tertiary/aromatic N) is 1. The maximum atomic E-state index is 11.5. The number of carbonyl (C=O) groups is 3. The Labute approximate surface area is 119 Å². The maximum absolute atomic E-state index is 11.5. The first kappa shape index (κ1) is 16.0. The first-order valence-electron chi connectivity index (χ1n) is 5.80. The zero-order valence-electron chi connectivity index (χ0n) is 10.8. The highest BCUT2D eigenvalue weighted by atomic mass is 16.5. The maximum Gasteiger partial charge on any atom is 0.326 e. The van der Waals surface area contributed by atoms with Gasteiger partial charge < -0.3 is 20.3 Å². The van der Waals surface area contributed by atoms with E-state index >= 15 is 0 Å². The molecule has 0 aromatic heterocycles. The molecule has 0 bridgehead atoms. The van der Waals surface area contributed by atoms with Gasteiger partial charge in [-0.15, -0.1) is 0 Å². The van der Waals surface area contributed by atoms with Crippen LogP contribution in [-0.2, 0) is 14.4 Å². The van der Waals surface area contributed by atoms with E-state index in [9.17, 15) is 14.4 Å². The molecule has 0 fully saturated rings. The average Bonchev–Trinajstić information content (AvgIpc) is 2.44. The molecule has 0 saturated carbocycles. The summed E-state index contributed by atoms with van der Waals surface area (Å²) in [5.74, 6) is -3.42. The molecule has 0 spiro atoms. The molecule has 8 nitrogen and oxygen atoms in total. The molecule has 21 heavy (non-hydrogen) atoms. The lowest BCUT2D eigenvalue weighted by molar-refractivity contribution is -0.147. The van der Waals surface area contributed by atoms with E-state index in [1.807, 2.05) is 11.4 Å². The molecule has 3 N–H and O–H groups in total. The van der Waals surface area contributed by atoms with Crippen molar-refractivity contribution in [3.63, 3.8) is 0 Å². The van der Waals surface area contributed by atoms with Gasteiger partial charge in [-0.05, 0) is 12.1 Å². The van der Waals surface area contributed by atoms with E-state index in [0.717, 1.165) is 0 Å². The average molecular weight is 292 g/mol. The van der Waals surface area contributed by atoms with Crippen molar-refractivity contribution in [3.8, 4) is 11.8 Å². The number of benzene rings is 1. The Morgan fingerprint density at radius 2 is 1.95 bits per heavy atom. The van der Waals surface area contributed by atoms with Gasteiger partial charge in [-0.3, -0.25) is 9.59 Å². The van der Waals surface area contributed by atoms with E-state index in [0.29, 0.717) is 0 Å². The lowest BCUT2D eigenvalue weighted by Gasteiger charge is -2.13. The number of hydrogen-bond acceptors (Lipinski definition) is 5. The first-order valence-corrected chi connectivity index (χ1v) is 5.80. The molecule has 1 amide bonds. The minimum absolute atomic E-state index is 0.181. The molecule has 0 radical (unpaired) electrons. The van der Waals surface area contributed by atoms with Crippen molar-refractivity contribution in [2.24, 2.45) is 0 Å². The van der Waals surface area contributed by atoms with Crippen molar-refractivity contribution in [3.05, 3.63) is 29.8 Å². The Morgan fingerprint density at radius 3 is 2.52 bits per heavy atom. The summed E-state index contributed by atoms with van der Waals surface area (Å²) in [4.78, 5) is 32.8. The second-order valence-corrected chi connectivity index (χ2v) is 3.95. The van der Waals surface area contributed by atoms with E-state index in [-0.39, 0.29) is 11.3 Å². The second kappa shape index (κ2) is 7.49. The number of aliphatic carboxylic acids is 2. The topological polar surface area (TPSA) is 137 Å². The molecule has 0 aliphatic carbocycles. The molecule has 1 atom stereocenters. The lowest BCUT2D eigenvalue weighted by Crippen LogP contribution is -2.44. The normalized spacial score (nSPS) is 11.0. The third-order valence-electron chi connectivity index (χ3n) is 2.38. The van der Waals surface area contributed by atoms with Crippen LogP contribution in [0.15, 0.2) is 24.3 Å². The van der Waals surface area contributed by atoms with E-state index in [1.54, 1.807) is 12.1 Å². The van der Waals surface area contributed by atoms with Crippen LogP contribution in [0.5, 0.6) is 5.75 Å². The van der Waals surface area contributed by atoms with Crippen LogP contribution in [-0.4, -0.2) is 40.7 Å². The van der Waals surface area contributed by atoms with E-state index in [2.05, 4.69) is 0 Å². The molecule has 0 aliphatic rings. The summed E-state index contributed by atoms with van der Waals surface area (Å²) in [6.45, 7) is -0.526. The third kappa shape index (κ3) is 5.20. The standard InChI is InChI=1S/C13H12N2O6/c14-6-8-3-1-2-4-10(8)21-7-11(16)15-9(13(19)20)5-12(17)18/h1-4,9H,5,7H2,(H,15,16)(H,17,18)(H,19,20). The highest BCUT2D eigenvalue weighted by molar-refractivity contribution is 5.87. The van der Waals surface area contributed by atoms with E-state index in [1.165, 1.54) is 12.1 Å². The highest BCUT2D eigenvalue weighted by Gasteiger charge is 2.23.